The Balaban J connectivity index is 2.30. The number of fused-ring (bicyclic) bond motifs is 1. The molecule has 1 fully saturated rings. The normalized spacial score (nSPS) is 32.8. The van der Waals surface area contributed by atoms with Crippen molar-refractivity contribution >= 4 is 11.1 Å². The average molecular weight is 243 g/mol. The Morgan fingerprint density at radius 1 is 1.25 bits per heavy atom. The number of hydrogen-bond donors (Lipinski definition) is 1. The van der Waals surface area contributed by atoms with Gasteiger partial charge >= 0.3 is 0 Å². The second-order valence-electron chi connectivity index (χ2n) is 5.12. The Labute approximate surface area is 100 Å². The second kappa shape index (κ2) is 4.98. The van der Waals surface area contributed by atoms with Crippen LogP contribution >= 0.6 is 0 Å². The third-order valence-corrected chi connectivity index (χ3v) is 4.90. The van der Waals surface area contributed by atoms with Crippen LogP contribution in [0.15, 0.2) is 10.5 Å². The molecule has 3 unspecified atom stereocenters. The standard InChI is InChI=1S/C12H21NO2S/c1-13(2)11-7-3-6-10-9(11)5-4-8-12(10)16(14)15/h9,11H,3-8H2,1-2H3,(H,14,15). The van der Waals surface area contributed by atoms with E-state index in [0.717, 1.165) is 30.6 Å². The summed E-state index contributed by atoms with van der Waals surface area (Å²) in [4.78, 5) is 3.12. The van der Waals surface area contributed by atoms with Gasteiger partial charge in [0, 0.05) is 10.9 Å². The predicted octanol–water partition coefficient (Wildman–Crippen LogP) is 2.38. The van der Waals surface area contributed by atoms with Gasteiger partial charge in [0.15, 0.2) is 11.1 Å². The lowest BCUT2D eigenvalue weighted by Gasteiger charge is -2.41. The molecule has 0 aromatic heterocycles. The summed E-state index contributed by atoms with van der Waals surface area (Å²) >= 11 is -1.74. The zero-order valence-electron chi connectivity index (χ0n) is 10.1. The Morgan fingerprint density at radius 2 is 1.94 bits per heavy atom. The molecular formula is C12H21NO2S. The van der Waals surface area contributed by atoms with Gasteiger partial charge in [-0.15, -0.1) is 0 Å². The van der Waals surface area contributed by atoms with Gasteiger partial charge in [-0.2, -0.15) is 0 Å². The van der Waals surface area contributed by atoms with Crippen LogP contribution in [-0.4, -0.2) is 33.8 Å². The number of hydrogen-bond acceptors (Lipinski definition) is 2. The van der Waals surface area contributed by atoms with Crippen LogP contribution < -0.4 is 0 Å². The van der Waals surface area contributed by atoms with Gasteiger partial charge in [0.1, 0.15) is 0 Å². The van der Waals surface area contributed by atoms with Crippen molar-refractivity contribution in [2.24, 2.45) is 5.92 Å². The smallest absolute Gasteiger partial charge is 0.182 e. The molecule has 0 bridgehead atoms. The highest BCUT2D eigenvalue weighted by molar-refractivity contribution is 7.83. The molecule has 0 heterocycles. The number of nitrogens with zero attached hydrogens (tertiary/aromatic N) is 1. The van der Waals surface area contributed by atoms with Crippen LogP contribution in [0.4, 0.5) is 0 Å². The van der Waals surface area contributed by atoms with Gasteiger partial charge in [-0.1, -0.05) is 5.57 Å². The Bertz CT molecular complexity index is 325. The highest BCUT2D eigenvalue weighted by Gasteiger charge is 2.35. The van der Waals surface area contributed by atoms with Crippen LogP contribution in [0, 0.1) is 5.92 Å². The summed E-state index contributed by atoms with van der Waals surface area (Å²) < 4.78 is 20.7. The van der Waals surface area contributed by atoms with E-state index in [2.05, 4.69) is 19.0 Å². The van der Waals surface area contributed by atoms with E-state index in [1.807, 2.05) is 0 Å². The van der Waals surface area contributed by atoms with Crippen molar-refractivity contribution in [1.29, 1.82) is 0 Å². The molecule has 4 heteroatoms. The minimum atomic E-state index is -1.74. The molecule has 2 rings (SSSR count). The van der Waals surface area contributed by atoms with Crippen molar-refractivity contribution in [2.45, 2.75) is 44.6 Å². The average Bonchev–Trinajstić information content (AvgIpc) is 2.27. The lowest BCUT2D eigenvalue weighted by molar-refractivity contribution is 0.178. The molecule has 3 atom stereocenters. The summed E-state index contributed by atoms with van der Waals surface area (Å²) in [5, 5.41) is 0. The quantitative estimate of drug-likeness (QED) is 0.757. The van der Waals surface area contributed by atoms with Gasteiger partial charge in [0.2, 0.25) is 0 Å². The third-order valence-electron chi connectivity index (χ3n) is 4.01. The molecule has 0 amide bonds. The molecule has 0 aromatic carbocycles. The van der Waals surface area contributed by atoms with Crippen molar-refractivity contribution < 1.29 is 8.76 Å². The van der Waals surface area contributed by atoms with E-state index >= 15 is 0 Å². The Hall–Kier alpha value is -0.190. The van der Waals surface area contributed by atoms with Crippen LogP contribution in [0.5, 0.6) is 0 Å². The molecule has 1 N–H and O–H groups in total. The molecule has 16 heavy (non-hydrogen) atoms. The van der Waals surface area contributed by atoms with E-state index in [4.69, 9.17) is 0 Å². The Morgan fingerprint density at radius 3 is 2.56 bits per heavy atom. The second-order valence-corrected chi connectivity index (χ2v) is 6.11. The van der Waals surface area contributed by atoms with E-state index in [-0.39, 0.29) is 0 Å². The minimum Gasteiger partial charge on any atom is -0.306 e. The fourth-order valence-electron chi connectivity index (χ4n) is 3.29. The molecule has 1 saturated carbocycles. The van der Waals surface area contributed by atoms with Gasteiger partial charge in [0.25, 0.3) is 0 Å². The molecule has 2 aliphatic carbocycles. The molecule has 2 aliphatic rings. The zero-order chi connectivity index (χ0) is 11.7. The topological polar surface area (TPSA) is 40.5 Å². The van der Waals surface area contributed by atoms with E-state index < -0.39 is 11.1 Å². The van der Waals surface area contributed by atoms with Crippen LogP contribution in [0.25, 0.3) is 0 Å². The molecule has 3 nitrogen and oxygen atoms in total. The van der Waals surface area contributed by atoms with E-state index in [1.165, 1.54) is 18.4 Å². The maximum atomic E-state index is 11.3. The maximum absolute atomic E-state index is 11.3. The zero-order valence-corrected chi connectivity index (χ0v) is 10.9. The first-order valence-corrected chi connectivity index (χ1v) is 7.21. The van der Waals surface area contributed by atoms with Crippen molar-refractivity contribution in [1.82, 2.24) is 4.90 Å². The molecule has 0 aliphatic heterocycles. The highest BCUT2D eigenvalue weighted by Crippen LogP contribution is 2.42. The summed E-state index contributed by atoms with van der Waals surface area (Å²) in [5.74, 6) is 0.531. The fourth-order valence-corrected chi connectivity index (χ4v) is 4.09. The summed E-state index contributed by atoms with van der Waals surface area (Å²) in [5.41, 5.74) is 1.30. The van der Waals surface area contributed by atoms with Crippen LogP contribution in [0.3, 0.4) is 0 Å². The largest absolute Gasteiger partial charge is 0.306 e. The first kappa shape index (κ1) is 12.3. The van der Waals surface area contributed by atoms with Crippen molar-refractivity contribution in [3.8, 4) is 0 Å². The molecule has 0 aromatic rings. The van der Waals surface area contributed by atoms with Gasteiger partial charge in [-0.3, -0.25) is 0 Å². The third kappa shape index (κ3) is 2.24. The minimum absolute atomic E-state index is 0.531. The monoisotopic (exact) mass is 243 g/mol. The first-order valence-electron chi connectivity index (χ1n) is 6.10. The van der Waals surface area contributed by atoms with Gasteiger partial charge in [0.05, 0.1) is 0 Å². The number of allylic oxidation sites excluding steroid dienone is 1. The summed E-state index contributed by atoms with van der Waals surface area (Å²) in [6, 6.07) is 0.572. The fraction of sp³-hybridized carbons (Fsp3) is 0.833. The SMILES string of the molecule is CN(C)C1CCCC2=C(S(=O)O)CCCC21. The van der Waals surface area contributed by atoms with E-state index in [9.17, 15) is 8.76 Å². The van der Waals surface area contributed by atoms with E-state index in [1.54, 1.807) is 0 Å². The van der Waals surface area contributed by atoms with Gasteiger partial charge < -0.3 is 9.45 Å². The van der Waals surface area contributed by atoms with Gasteiger partial charge in [-0.25, -0.2) is 4.21 Å². The maximum Gasteiger partial charge on any atom is 0.182 e. The van der Waals surface area contributed by atoms with Gasteiger partial charge in [-0.05, 0) is 58.5 Å². The van der Waals surface area contributed by atoms with Crippen molar-refractivity contribution in [2.75, 3.05) is 14.1 Å². The molecule has 0 spiro atoms. The molecule has 0 saturated heterocycles. The Kier molecular flexibility index (Phi) is 3.82. The highest BCUT2D eigenvalue weighted by atomic mass is 32.2. The summed E-state index contributed by atoms with van der Waals surface area (Å²) in [7, 11) is 4.25. The summed E-state index contributed by atoms with van der Waals surface area (Å²) in [6.07, 6.45) is 6.52. The molecule has 0 radical (unpaired) electrons. The van der Waals surface area contributed by atoms with Crippen LogP contribution in [0.2, 0.25) is 0 Å². The van der Waals surface area contributed by atoms with Crippen molar-refractivity contribution in [3.05, 3.63) is 10.5 Å². The summed E-state index contributed by atoms with van der Waals surface area (Å²) in [6.45, 7) is 0. The molecular weight excluding hydrogens is 222 g/mol. The molecule has 92 valence electrons. The van der Waals surface area contributed by atoms with Crippen LogP contribution in [-0.2, 0) is 11.1 Å². The lowest BCUT2D eigenvalue weighted by atomic mass is 9.74. The predicted molar refractivity (Wildman–Crippen MR) is 66.5 cm³/mol. The lowest BCUT2D eigenvalue weighted by Crippen LogP contribution is -2.40. The number of rotatable bonds is 2. The first-order chi connectivity index (χ1) is 7.61. The van der Waals surface area contributed by atoms with E-state index in [0.29, 0.717) is 12.0 Å². The van der Waals surface area contributed by atoms with Crippen molar-refractivity contribution in [3.63, 3.8) is 0 Å². The van der Waals surface area contributed by atoms with Crippen LogP contribution in [0.1, 0.15) is 38.5 Å².